The van der Waals surface area contributed by atoms with E-state index in [2.05, 4.69) is 35.5 Å². The van der Waals surface area contributed by atoms with Gasteiger partial charge in [0.05, 0.1) is 28.8 Å². The molecule has 0 fully saturated rings. The fraction of sp³-hybridized carbons (Fsp3) is 0.167. The van der Waals surface area contributed by atoms with Gasteiger partial charge in [-0.25, -0.2) is 9.97 Å². The van der Waals surface area contributed by atoms with Gasteiger partial charge in [0, 0.05) is 29.3 Å². The van der Waals surface area contributed by atoms with Crippen LogP contribution in [0.15, 0.2) is 77.3 Å². The van der Waals surface area contributed by atoms with Crippen molar-refractivity contribution in [3.8, 4) is 11.3 Å². The predicted octanol–water partition coefficient (Wildman–Crippen LogP) is 6.60. The lowest BCUT2D eigenvalue weighted by molar-refractivity contribution is -0.137. The number of nitrogens with one attached hydrogen (secondary N) is 1. The molecule has 0 amide bonds. The van der Waals surface area contributed by atoms with Crippen LogP contribution in [0.25, 0.3) is 11.3 Å². The van der Waals surface area contributed by atoms with Gasteiger partial charge in [0.25, 0.3) is 5.95 Å². The SMILES string of the molecule is Cc1cncc(-c2cc(C)nc(N=NCc3ccc(Nc4cccc(C(F)(F)F)c4)cn3)n2)c1. The number of alkyl halides is 3. The number of benzene rings is 1. The number of halogens is 3. The molecule has 1 N–H and O–H groups in total. The molecule has 0 saturated carbocycles. The number of nitrogens with zero attached hydrogens (tertiary/aromatic N) is 6. The van der Waals surface area contributed by atoms with Gasteiger partial charge in [-0.3, -0.25) is 9.97 Å². The van der Waals surface area contributed by atoms with E-state index < -0.39 is 11.7 Å². The average molecular weight is 463 g/mol. The molecular formula is C24H20F3N7. The second kappa shape index (κ2) is 9.74. The zero-order valence-electron chi connectivity index (χ0n) is 18.4. The summed E-state index contributed by atoms with van der Waals surface area (Å²) in [5.74, 6) is 0.235. The summed E-state index contributed by atoms with van der Waals surface area (Å²) in [5, 5.41) is 11.2. The van der Waals surface area contributed by atoms with E-state index in [-0.39, 0.29) is 12.5 Å². The zero-order chi connectivity index (χ0) is 24.1. The number of azo groups is 1. The summed E-state index contributed by atoms with van der Waals surface area (Å²) in [7, 11) is 0. The minimum Gasteiger partial charge on any atom is -0.354 e. The van der Waals surface area contributed by atoms with Crippen molar-refractivity contribution in [1.29, 1.82) is 0 Å². The Morgan fingerprint density at radius 2 is 1.76 bits per heavy atom. The lowest BCUT2D eigenvalue weighted by atomic mass is 10.1. The number of pyridine rings is 2. The van der Waals surface area contributed by atoms with Crippen molar-refractivity contribution in [2.75, 3.05) is 5.32 Å². The van der Waals surface area contributed by atoms with Gasteiger partial charge < -0.3 is 5.32 Å². The Hall–Kier alpha value is -4.21. The highest BCUT2D eigenvalue weighted by Gasteiger charge is 2.30. The summed E-state index contributed by atoms with van der Waals surface area (Å²) in [6, 6.07) is 12.2. The van der Waals surface area contributed by atoms with E-state index in [9.17, 15) is 13.2 Å². The minimum absolute atomic E-state index is 0.197. The number of rotatable bonds is 6. The van der Waals surface area contributed by atoms with Crippen LogP contribution in [-0.2, 0) is 12.7 Å². The molecule has 0 atom stereocenters. The average Bonchev–Trinajstić information content (AvgIpc) is 2.80. The quantitative estimate of drug-likeness (QED) is 0.326. The van der Waals surface area contributed by atoms with Crippen molar-refractivity contribution in [1.82, 2.24) is 19.9 Å². The van der Waals surface area contributed by atoms with E-state index >= 15 is 0 Å². The van der Waals surface area contributed by atoms with Gasteiger partial charge in [-0.05, 0) is 61.9 Å². The summed E-state index contributed by atoms with van der Waals surface area (Å²) < 4.78 is 38.6. The fourth-order valence-corrected chi connectivity index (χ4v) is 3.14. The van der Waals surface area contributed by atoms with Crippen molar-refractivity contribution in [3.63, 3.8) is 0 Å². The maximum Gasteiger partial charge on any atom is 0.416 e. The molecule has 34 heavy (non-hydrogen) atoms. The topological polar surface area (TPSA) is 88.3 Å². The van der Waals surface area contributed by atoms with Crippen LogP contribution in [0.5, 0.6) is 0 Å². The number of hydrogen-bond acceptors (Lipinski definition) is 7. The smallest absolute Gasteiger partial charge is 0.354 e. The van der Waals surface area contributed by atoms with Crippen LogP contribution in [0.4, 0.5) is 30.5 Å². The Bertz CT molecular complexity index is 1320. The van der Waals surface area contributed by atoms with Crippen LogP contribution in [-0.4, -0.2) is 19.9 Å². The first-order valence-corrected chi connectivity index (χ1v) is 10.3. The fourth-order valence-electron chi connectivity index (χ4n) is 3.14. The third-order valence-electron chi connectivity index (χ3n) is 4.71. The highest BCUT2D eigenvalue weighted by atomic mass is 19.4. The normalized spacial score (nSPS) is 11.7. The van der Waals surface area contributed by atoms with Crippen molar-refractivity contribution < 1.29 is 13.2 Å². The molecule has 7 nitrogen and oxygen atoms in total. The third kappa shape index (κ3) is 5.97. The number of anilines is 2. The molecule has 3 aromatic heterocycles. The second-order valence-corrected chi connectivity index (χ2v) is 7.59. The van der Waals surface area contributed by atoms with Crippen molar-refractivity contribution in [2.24, 2.45) is 10.2 Å². The first-order chi connectivity index (χ1) is 16.3. The van der Waals surface area contributed by atoms with E-state index in [0.717, 1.165) is 29.0 Å². The lowest BCUT2D eigenvalue weighted by Gasteiger charge is -2.10. The predicted molar refractivity (Wildman–Crippen MR) is 122 cm³/mol. The highest BCUT2D eigenvalue weighted by Crippen LogP contribution is 2.31. The van der Waals surface area contributed by atoms with E-state index in [1.54, 1.807) is 30.6 Å². The third-order valence-corrected chi connectivity index (χ3v) is 4.71. The summed E-state index contributed by atoms with van der Waals surface area (Å²) in [6.45, 7) is 4.01. The van der Waals surface area contributed by atoms with Gasteiger partial charge in [0.1, 0.15) is 6.54 Å². The Balaban J connectivity index is 1.41. The number of aromatic nitrogens is 4. The Morgan fingerprint density at radius 1 is 0.912 bits per heavy atom. The first kappa shape index (κ1) is 23.0. The molecule has 1 aromatic carbocycles. The molecule has 4 aromatic rings. The summed E-state index contributed by atoms with van der Waals surface area (Å²) in [5.41, 5.74) is 4.14. The van der Waals surface area contributed by atoms with Crippen LogP contribution in [0.2, 0.25) is 0 Å². The molecule has 0 aliphatic carbocycles. The first-order valence-electron chi connectivity index (χ1n) is 10.3. The summed E-state index contributed by atoms with van der Waals surface area (Å²) >= 11 is 0. The largest absolute Gasteiger partial charge is 0.416 e. The zero-order valence-corrected chi connectivity index (χ0v) is 18.4. The van der Waals surface area contributed by atoms with Gasteiger partial charge in [-0.15, -0.1) is 5.11 Å². The van der Waals surface area contributed by atoms with Gasteiger partial charge in [0.15, 0.2) is 0 Å². The van der Waals surface area contributed by atoms with Gasteiger partial charge >= 0.3 is 6.18 Å². The Kier molecular flexibility index (Phi) is 6.58. The van der Waals surface area contributed by atoms with Crippen LogP contribution in [0.1, 0.15) is 22.5 Å². The monoisotopic (exact) mass is 463 g/mol. The van der Waals surface area contributed by atoms with E-state index in [4.69, 9.17) is 0 Å². The van der Waals surface area contributed by atoms with Crippen molar-refractivity contribution >= 4 is 17.3 Å². The van der Waals surface area contributed by atoms with E-state index in [1.807, 2.05) is 26.0 Å². The molecule has 0 bridgehead atoms. The molecule has 10 heteroatoms. The maximum absolute atomic E-state index is 12.9. The molecule has 172 valence electrons. The van der Waals surface area contributed by atoms with Crippen LogP contribution in [0, 0.1) is 13.8 Å². The lowest BCUT2D eigenvalue weighted by Crippen LogP contribution is -2.05. The molecule has 0 aliphatic heterocycles. The maximum atomic E-state index is 12.9. The molecule has 4 rings (SSSR count). The second-order valence-electron chi connectivity index (χ2n) is 7.59. The standard InChI is InChI=1S/C24H20F3N7/c1-15-8-17(12-28-11-15)22-9-16(2)31-23(33-22)34-30-14-20-6-7-21(13-29-20)32-19-5-3-4-18(10-19)24(25,26)27/h3-13,32H,14H2,1-2H3. The Morgan fingerprint density at radius 3 is 2.50 bits per heavy atom. The Labute approximate surface area is 193 Å². The highest BCUT2D eigenvalue weighted by molar-refractivity contribution is 5.60. The van der Waals surface area contributed by atoms with E-state index in [1.165, 1.54) is 12.3 Å². The van der Waals surface area contributed by atoms with Crippen LogP contribution < -0.4 is 5.32 Å². The molecule has 0 unspecified atom stereocenters. The molecule has 0 aliphatic rings. The molecule has 0 saturated heterocycles. The summed E-state index contributed by atoms with van der Waals surface area (Å²) in [6.07, 6.45) is 0.626. The molecule has 0 spiro atoms. The number of hydrogen-bond donors (Lipinski definition) is 1. The van der Waals surface area contributed by atoms with Crippen LogP contribution >= 0.6 is 0 Å². The van der Waals surface area contributed by atoms with Gasteiger partial charge in [0.2, 0.25) is 0 Å². The summed E-state index contributed by atoms with van der Waals surface area (Å²) in [4.78, 5) is 17.2. The van der Waals surface area contributed by atoms with E-state index in [0.29, 0.717) is 22.8 Å². The molecule has 3 heterocycles. The van der Waals surface area contributed by atoms with Crippen molar-refractivity contribution in [2.45, 2.75) is 26.6 Å². The van der Waals surface area contributed by atoms with Gasteiger partial charge in [-0.1, -0.05) is 6.07 Å². The van der Waals surface area contributed by atoms with Gasteiger partial charge in [-0.2, -0.15) is 18.3 Å². The number of aryl methyl sites for hydroxylation is 2. The van der Waals surface area contributed by atoms with Crippen molar-refractivity contribution in [3.05, 3.63) is 89.6 Å². The molecular weight excluding hydrogens is 443 g/mol. The minimum atomic E-state index is -4.40. The molecule has 0 radical (unpaired) electrons. The van der Waals surface area contributed by atoms with Crippen LogP contribution in [0.3, 0.4) is 0 Å².